The van der Waals surface area contributed by atoms with E-state index in [1.54, 1.807) is 30.6 Å². The fourth-order valence-electron chi connectivity index (χ4n) is 2.28. The molecule has 0 fully saturated rings. The van der Waals surface area contributed by atoms with Gasteiger partial charge in [0.15, 0.2) is 6.29 Å². The number of carbonyl (C=O) groups is 1. The molecule has 0 unspecified atom stereocenters. The average Bonchev–Trinajstić information content (AvgIpc) is 2.86. The van der Waals surface area contributed by atoms with Gasteiger partial charge in [0.2, 0.25) is 0 Å². The molecule has 0 N–H and O–H groups in total. The van der Waals surface area contributed by atoms with Crippen molar-refractivity contribution in [3.8, 4) is 0 Å². The highest BCUT2D eigenvalue weighted by molar-refractivity contribution is 5.95. The lowest BCUT2D eigenvalue weighted by Crippen LogP contribution is -1.99. The van der Waals surface area contributed by atoms with E-state index >= 15 is 0 Å². The van der Waals surface area contributed by atoms with Gasteiger partial charge in [-0.2, -0.15) is 0 Å². The number of pyridine rings is 1. The molecular weight excluding hydrogens is 270 g/mol. The van der Waals surface area contributed by atoms with Crippen LogP contribution in [0, 0.1) is 10.1 Å². The van der Waals surface area contributed by atoms with E-state index in [0.717, 1.165) is 22.9 Å². The number of benzene rings is 1. The molecule has 0 aliphatic rings. The molecule has 6 heteroatoms. The number of hydrogen-bond acceptors (Lipinski definition) is 4. The summed E-state index contributed by atoms with van der Waals surface area (Å²) >= 11 is 0. The molecule has 104 valence electrons. The van der Waals surface area contributed by atoms with Crippen molar-refractivity contribution in [2.45, 2.75) is 6.54 Å². The van der Waals surface area contributed by atoms with Crippen LogP contribution in [0.2, 0.25) is 0 Å². The van der Waals surface area contributed by atoms with Gasteiger partial charge in [-0.3, -0.25) is 14.9 Å². The molecule has 0 aliphatic heterocycles. The van der Waals surface area contributed by atoms with Crippen LogP contribution >= 0.6 is 0 Å². The Morgan fingerprint density at radius 1 is 1.24 bits per heavy atom. The smallest absolute Gasteiger partial charge is 0.269 e. The number of nitro groups is 1. The van der Waals surface area contributed by atoms with Gasteiger partial charge >= 0.3 is 0 Å². The summed E-state index contributed by atoms with van der Waals surface area (Å²) in [6.07, 6.45) is 4.21. The average molecular weight is 281 g/mol. The van der Waals surface area contributed by atoms with Gasteiger partial charge in [0.25, 0.3) is 5.69 Å². The number of rotatable bonds is 4. The first-order valence-electron chi connectivity index (χ1n) is 6.31. The molecule has 2 heterocycles. The summed E-state index contributed by atoms with van der Waals surface area (Å²) in [7, 11) is 0. The standard InChI is InChI=1S/C15H11N3O3/c19-10-12-9-17(15-14(12)2-1-7-16-15)8-11-3-5-13(6-4-11)18(20)21/h1-7,9-10H,8H2. The molecule has 6 nitrogen and oxygen atoms in total. The Morgan fingerprint density at radius 3 is 2.67 bits per heavy atom. The van der Waals surface area contributed by atoms with Crippen molar-refractivity contribution in [2.24, 2.45) is 0 Å². The third kappa shape index (κ3) is 2.38. The number of non-ortho nitro benzene ring substituents is 1. The fraction of sp³-hybridized carbons (Fsp3) is 0.0667. The molecule has 0 spiro atoms. The van der Waals surface area contributed by atoms with Gasteiger partial charge in [0, 0.05) is 42.0 Å². The molecule has 2 aromatic heterocycles. The zero-order valence-electron chi connectivity index (χ0n) is 11.0. The molecule has 3 aromatic rings. The number of fused-ring (bicyclic) bond motifs is 1. The third-order valence-electron chi connectivity index (χ3n) is 3.29. The number of aromatic nitrogens is 2. The maximum absolute atomic E-state index is 11.1. The Kier molecular flexibility index (Phi) is 3.19. The van der Waals surface area contributed by atoms with E-state index in [1.807, 2.05) is 10.6 Å². The minimum Gasteiger partial charge on any atom is -0.327 e. The molecule has 0 atom stereocenters. The van der Waals surface area contributed by atoms with Crippen LogP contribution in [0.5, 0.6) is 0 Å². The predicted octanol–water partition coefficient (Wildman–Crippen LogP) is 2.81. The molecule has 1 aromatic carbocycles. The van der Waals surface area contributed by atoms with Crippen molar-refractivity contribution in [1.82, 2.24) is 9.55 Å². The maximum atomic E-state index is 11.1. The van der Waals surface area contributed by atoms with Crippen LogP contribution in [0.3, 0.4) is 0 Å². The highest BCUT2D eigenvalue weighted by Crippen LogP contribution is 2.20. The van der Waals surface area contributed by atoms with Crippen molar-refractivity contribution in [2.75, 3.05) is 0 Å². The van der Waals surface area contributed by atoms with Crippen molar-refractivity contribution >= 4 is 23.0 Å². The van der Waals surface area contributed by atoms with Gasteiger partial charge in [0.1, 0.15) is 5.65 Å². The van der Waals surface area contributed by atoms with Crippen LogP contribution < -0.4 is 0 Å². The lowest BCUT2D eigenvalue weighted by atomic mass is 10.2. The first-order valence-corrected chi connectivity index (χ1v) is 6.31. The largest absolute Gasteiger partial charge is 0.327 e. The molecule has 0 aliphatic carbocycles. The zero-order valence-corrected chi connectivity index (χ0v) is 11.0. The highest BCUT2D eigenvalue weighted by Gasteiger charge is 2.10. The van der Waals surface area contributed by atoms with Gasteiger partial charge in [-0.05, 0) is 17.7 Å². The summed E-state index contributed by atoms with van der Waals surface area (Å²) in [6.45, 7) is 0.499. The normalized spacial score (nSPS) is 10.7. The number of carbonyl (C=O) groups excluding carboxylic acids is 1. The summed E-state index contributed by atoms with van der Waals surface area (Å²) in [5, 5.41) is 11.4. The molecular formula is C15H11N3O3. The number of nitro benzene ring substituents is 1. The number of aldehydes is 1. The highest BCUT2D eigenvalue weighted by atomic mass is 16.6. The summed E-state index contributed by atoms with van der Waals surface area (Å²) in [4.78, 5) is 25.6. The van der Waals surface area contributed by atoms with Crippen LogP contribution in [0.4, 0.5) is 5.69 Å². The van der Waals surface area contributed by atoms with Crippen LogP contribution in [-0.4, -0.2) is 20.8 Å². The minimum atomic E-state index is -0.430. The van der Waals surface area contributed by atoms with Crippen LogP contribution in [0.25, 0.3) is 11.0 Å². The molecule has 0 amide bonds. The molecule has 3 rings (SSSR count). The van der Waals surface area contributed by atoms with Crippen molar-refractivity contribution in [1.29, 1.82) is 0 Å². The van der Waals surface area contributed by atoms with Gasteiger partial charge in [0.05, 0.1) is 4.92 Å². The molecule has 0 radical (unpaired) electrons. The number of hydrogen-bond donors (Lipinski definition) is 0. The van der Waals surface area contributed by atoms with Gasteiger partial charge in [-0.15, -0.1) is 0 Å². The SMILES string of the molecule is O=Cc1cn(Cc2ccc([N+](=O)[O-])cc2)c2ncccc12. The van der Waals surface area contributed by atoms with E-state index < -0.39 is 4.92 Å². The van der Waals surface area contributed by atoms with E-state index in [2.05, 4.69) is 4.98 Å². The second-order valence-electron chi connectivity index (χ2n) is 4.63. The molecule has 0 bridgehead atoms. The van der Waals surface area contributed by atoms with Gasteiger partial charge in [-0.1, -0.05) is 12.1 Å². The second kappa shape index (κ2) is 5.16. The summed E-state index contributed by atoms with van der Waals surface area (Å²) in [6, 6.07) is 9.97. The first-order chi connectivity index (χ1) is 10.2. The lowest BCUT2D eigenvalue weighted by molar-refractivity contribution is -0.384. The molecule has 21 heavy (non-hydrogen) atoms. The quantitative estimate of drug-likeness (QED) is 0.418. The Balaban J connectivity index is 1.98. The van der Waals surface area contributed by atoms with Crippen molar-refractivity contribution < 1.29 is 9.72 Å². The maximum Gasteiger partial charge on any atom is 0.269 e. The van der Waals surface area contributed by atoms with E-state index in [0.29, 0.717) is 12.1 Å². The third-order valence-corrected chi connectivity index (χ3v) is 3.29. The second-order valence-corrected chi connectivity index (χ2v) is 4.63. The van der Waals surface area contributed by atoms with Gasteiger partial charge < -0.3 is 4.57 Å². The Labute approximate surface area is 119 Å². The van der Waals surface area contributed by atoms with E-state index in [9.17, 15) is 14.9 Å². The Bertz CT molecular complexity index is 822. The van der Waals surface area contributed by atoms with Crippen LogP contribution in [0.15, 0.2) is 48.8 Å². The monoisotopic (exact) mass is 281 g/mol. The lowest BCUT2D eigenvalue weighted by Gasteiger charge is -2.04. The van der Waals surface area contributed by atoms with Gasteiger partial charge in [-0.25, -0.2) is 4.98 Å². The molecule has 0 saturated heterocycles. The van der Waals surface area contributed by atoms with Crippen molar-refractivity contribution in [3.63, 3.8) is 0 Å². The number of nitrogens with zero attached hydrogens (tertiary/aromatic N) is 3. The first kappa shape index (κ1) is 13.0. The molecule has 0 saturated carbocycles. The van der Waals surface area contributed by atoms with E-state index in [1.165, 1.54) is 12.1 Å². The zero-order chi connectivity index (χ0) is 14.8. The Morgan fingerprint density at radius 2 is 2.00 bits per heavy atom. The summed E-state index contributed by atoms with van der Waals surface area (Å²) < 4.78 is 1.86. The summed E-state index contributed by atoms with van der Waals surface area (Å²) in [5.41, 5.74) is 2.27. The van der Waals surface area contributed by atoms with Crippen molar-refractivity contribution in [3.05, 3.63) is 70.0 Å². The van der Waals surface area contributed by atoms with Crippen LogP contribution in [0.1, 0.15) is 15.9 Å². The van der Waals surface area contributed by atoms with E-state index in [-0.39, 0.29) is 5.69 Å². The topological polar surface area (TPSA) is 78.0 Å². The predicted molar refractivity (Wildman–Crippen MR) is 77.3 cm³/mol. The Hall–Kier alpha value is -3.02. The minimum absolute atomic E-state index is 0.0582. The summed E-state index contributed by atoms with van der Waals surface area (Å²) in [5.74, 6) is 0. The van der Waals surface area contributed by atoms with E-state index in [4.69, 9.17) is 0 Å². The van der Waals surface area contributed by atoms with Crippen LogP contribution in [-0.2, 0) is 6.54 Å². The fourth-order valence-corrected chi connectivity index (χ4v) is 2.28.